The van der Waals surface area contributed by atoms with E-state index >= 15 is 0 Å². The van der Waals surface area contributed by atoms with Crippen LogP contribution in [-0.4, -0.2) is 38.8 Å². The van der Waals surface area contributed by atoms with E-state index in [1.807, 2.05) is 0 Å². The second-order valence-corrected chi connectivity index (χ2v) is 8.27. The molecule has 166 valence electrons. The van der Waals surface area contributed by atoms with Crippen molar-refractivity contribution in [3.8, 4) is 5.69 Å². The van der Waals surface area contributed by atoms with Crippen LogP contribution in [0, 0.1) is 10.1 Å². The highest BCUT2D eigenvalue weighted by Gasteiger charge is 2.19. The van der Waals surface area contributed by atoms with Gasteiger partial charge in [0.05, 0.1) is 16.1 Å². The molecule has 0 unspecified atom stereocenters. The summed E-state index contributed by atoms with van der Waals surface area (Å²) in [6.45, 7) is 0. The Morgan fingerprint density at radius 3 is 2.39 bits per heavy atom. The highest BCUT2D eigenvalue weighted by Crippen LogP contribution is 2.25. The predicted octanol–water partition coefficient (Wildman–Crippen LogP) is 2.62. The fourth-order valence-corrected chi connectivity index (χ4v) is 3.84. The molecule has 0 spiro atoms. The van der Waals surface area contributed by atoms with Crippen LogP contribution in [0.4, 0.5) is 17.3 Å². The van der Waals surface area contributed by atoms with Crippen molar-refractivity contribution in [2.24, 2.45) is 0 Å². The fourth-order valence-electron chi connectivity index (χ4n) is 2.88. The lowest BCUT2D eigenvalue weighted by molar-refractivity contribution is -0.384. The Balaban J connectivity index is 1.51. The van der Waals surface area contributed by atoms with Crippen molar-refractivity contribution in [1.29, 1.82) is 0 Å². The highest BCUT2D eigenvalue weighted by molar-refractivity contribution is 7.92. The molecular formula is C20H15N7O5S. The van der Waals surface area contributed by atoms with Crippen LogP contribution < -0.4 is 10.0 Å². The van der Waals surface area contributed by atoms with E-state index in [-0.39, 0.29) is 27.8 Å². The highest BCUT2D eigenvalue weighted by atomic mass is 32.2. The van der Waals surface area contributed by atoms with Crippen LogP contribution in [0.1, 0.15) is 10.4 Å². The van der Waals surface area contributed by atoms with Crippen LogP contribution in [0.25, 0.3) is 5.69 Å². The number of benzene rings is 2. The van der Waals surface area contributed by atoms with E-state index in [1.165, 1.54) is 65.9 Å². The van der Waals surface area contributed by atoms with Gasteiger partial charge in [-0.2, -0.15) is 0 Å². The summed E-state index contributed by atoms with van der Waals surface area (Å²) in [6, 6.07) is 11.0. The fraction of sp³-hybridized carbons (Fsp3) is 0. The summed E-state index contributed by atoms with van der Waals surface area (Å²) in [5.41, 5.74) is 0.358. The standard InChI is InChI=1S/C20H15N7O5S/c28-19(14-2-7-17(18(12-14)27(29)30)26-11-10-21-13-26)24-15-3-5-16(6-4-15)33(31,32)25-20-22-8-1-9-23-20/h1-13H,(H,24,28)(H,22,23,25). The topological polar surface area (TPSA) is 162 Å². The van der Waals surface area contributed by atoms with E-state index in [4.69, 9.17) is 0 Å². The van der Waals surface area contributed by atoms with E-state index in [0.29, 0.717) is 5.69 Å². The molecule has 0 atom stereocenters. The maximum Gasteiger partial charge on any atom is 0.294 e. The number of nitro benzene ring substituents is 1. The summed E-state index contributed by atoms with van der Waals surface area (Å²) in [7, 11) is -3.92. The maximum absolute atomic E-state index is 12.6. The van der Waals surface area contributed by atoms with E-state index < -0.39 is 20.9 Å². The molecule has 33 heavy (non-hydrogen) atoms. The molecule has 2 heterocycles. The Labute approximate surface area is 187 Å². The van der Waals surface area contributed by atoms with Gasteiger partial charge in [-0.25, -0.2) is 28.1 Å². The summed E-state index contributed by atoms with van der Waals surface area (Å²) >= 11 is 0. The summed E-state index contributed by atoms with van der Waals surface area (Å²) < 4.78 is 28.6. The van der Waals surface area contributed by atoms with Crippen molar-refractivity contribution in [1.82, 2.24) is 19.5 Å². The Morgan fingerprint density at radius 2 is 1.76 bits per heavy atom. The van der Waals surface area contributed by atoms with Gasteiger partial charge in [-0.15, -0.1) is 0 Å². The molecule has 0 aliphatic carbocycles. The average molecular weight is 465 g/mol. The Bertz CT molecular complexity index is 1410. The molecule has 0 aliphatic rings. The number of sulfonamides is 1. The molecule has 0 aliphatic heterocycles. The first-order valence-electron chi connectivity index (χ1n) is 9.31. The first kappa shape index (κ1) is 21.6. The van der Waals surface area contributed by atoms with Gasteiger partial charge < -0.3 is 9.88 Å². The van der Waals surface area contributed by atoms with Gasteiger partial charge in [0.2, 0.25) is 5.95 Å². The van der Waals surface area contributed by atoms with Crippen molar-refractivity contribution in [3.05, 3.63) is 95.3 Å². The largest absolute Gasteiger partial charge is 0.322 e. The number of carbonyl (C=O) groups excluding carboxylic acids is 1. The molecule has 0 saturated carbocycles. The Hall–Kier alpha value is -4.65. The predicted molar refractivity (Wildman–Crippen MR) is 117 cm³/mol. The van der Waals surface area contributed by atoms with Gasteiger partial charge in [-0.05, 0) is 42.5 Å². The number of amides is 1. The lowest BCUT2D eigenvalue weighted by Crippen LogP contribution is -2.15. The Morgan fingerprint density at radius 1 is 1.03 bits per heavy atom. The number of nitrogens with zero attached hydrogens (tertiary/aromatic N) is 5. The number of anilines is 2. The summed E-state index contributed by atoms with van der Waals surface area (Å²) in [6.07, 6.45) is 7.25. The average Bonchev–Trinajstić information content (AvgIpc) is 3.34. The maximum atomic E-state index is 12.6. The smallest absolute Gasteiger partial charge is 0.294 e. The van der Waals surface area contributed by atoms with Gasteiger partial charge in [-0.1, -0.05) is 0 Å². The zero-order valence-electron chi connectivity index (χ0n) is 16.7. The van der Waals surface area contributed by atoms with Crippen LogP contribution in [0.15, 0.2) is 84.5 Å². The molecule has 1 amide bonds. The third kappa shape index (κ3) is 4.83. The van der Waals surface area contributed by atoms with Crippen molar-refractivity contribution in [2.75, 3.05) is 10.0 Å². The van der Waals surface area contributed by atoms with Crippen molar-refractivity contribution >= 4 is 33.3 Å². The van der Waals surface area contributed by atoms with E-state index in [9.17, 15) is 23.3 Å². The SMILES string of the molecule is O=C(Nc1ccc(S(=O)(=O)Nc2ncccn2)cc1)c1ccc(-n2ccnc2)c([N+](=O)[O-])c1. The monoisotopic (exact) mass is 465 g/mol. The van der Waals surface area contributed by atoms with Crippen molar-refractivity contribution in [3.63, 3.8) is 0 Å². The normalized spacial score (nSPS) is 11.0. The van der Waals surface area contributed by atoms with Crippen LogP contribution in [0.3, 0.4) is 0 Å². The molecule has 0 radical (unpaired) electrons. The molecule has 0 bridgehead atoms. The Kier molecular flexibility index (Phi) is 5.78. The molecule has 2 N–H and O–H groups in total. The quantitative estimate of drug-likeness (QED) is 0.311. The first-order chi connectivity index (χ1) is 15.8. The lowest BCUT2D eigenvalue weighted by Gasteiger charge is -2.09. The zero-order chi connectivity index (χ0) is 23.4. The zero-order valence-corrected chi connectivity index (χ0v) is 17.5. The first-order valence-corrected chi connectivity index (χ1v) is 10.8. The number of aromatic nitrogens is 4. The van der Waals surface area contributed by atoms with E-state index in [2.05, 4.69) is 25.0 Å². The molecule has 2 aromatic heterocycles. The number of nitrogens with one attached hydrogen (secondary N) is 2. The van der Waals surface area contributed by atoms with Gasteiger partial charge >= 0.3 is 0 Å². The number of nitro groups is 1. The molecule has 4 rings (SSSR count). The van der Waals surface area contributed by atoms with Gasteiger partial charge in [0.25, 0.3) is 21.6 Å². The van der Waals surface area contributed by atoms with Crippen LogP contribution >= 0.6 is 0 Å². The number of carbonyl (C=O) groups is 1. The van der Waals surface area contributed by atoms with Crippen molar-refractivity contribution < 1.29 is 18.1 Å². The minimum absolute atomic E-state index is 0.0603. The minimum Gasteiger partial charge on any atom is -0.322 e. The number of hydrogen-bond donors (Lipinski definition) is 2. The van der Waals surface area contributed by atoms with Gasteiger partial charge in [0, 0.05) is 42.1 Å². The summed E-state index contributed by atoms with van der Waals surface area (Å²) in [4.78, 5) is 34.9. The van der Waals surface area contributed by atoms with E-state index in [0.717, 1.165) is 6.07 Å². The molecular weight excluding hydrogens is 450 g/mol. The molecule has 13 heteroatoms. The molecule has 12 nitrogen and oxygen atoms in total. The number of rotatable bonds is 7. The molecule has 2 aromatic carbocycles. The van der Waals surface area contributed by atoms with Gasteiger partial charge in [0.1, 0.15) is 5.69 Å². The summed E-state index contributed by atoms with van der Waals surface area (Å²) in [5.74, 6) is -0.669. The second-order valence-electron chi connectivity index (χ2n) is 6.59. The number of imidazole rings is 1. The van der Waals surface area contributed by atoms with Crippen molar-refractivity contribution in [2.45, 2.75) is 4.90 Å². The minimum atomic E-state index is -3.92. The number of hydrogen-bond acceptors (Lipinski definition) is 8. The molecule has 4 aromatic rings. The van der Waals surface area contributed by atoms with Crippen LogP contribution in [0.5, 0.6) is 0 Å². The van der Waals surface area contributed by atoms with Gasteiger partial charge in [-0.3, -0.25) is 14.9 Å². The summed E-state index contributed by atoms with van der Waals surface area (Å²) in [5, 5.41) is 14.1. The van der Waals surface area contributed by atoms with Crippen LogP contribution in [0.2, 0.25) is 0 Å². The third-order valence-electron chi connectivity index (χ3n) is 4.43. The van der Waals surface area contributed by atoms with Gasteiger partial charge in [0.15, 0.2) is 0 Å². The lowest BCUT2D eigenvalue weighted by atomic mass is 10.1. The van der Waals surface area contributed by atoms with E-state index in [1.54, 1.807) is 12.3 Å². The third-order valence-corrected chi connectivity index (χ3v) is 5.77. The molecule has 0 saturated heterocycles. The molecule has 0 fully saturated rings. The van der Waals surface area contributed by atoms with Crippen LogP contribution in [-0.2, 0) is 10.0 Å². The second kappa shape index (κ2) is 8.84.